The van der Waals surface area contributed by atoms with Crippen LogP contribution in [-0.2, 0) is 13.0 Å². The largest absolute Gasteiger partial charge is 0.493 e. The van der Waals surface area contributed by atoms with E-state index in [0.717, 1.165) is 60.2 Å². The predicted molar refractivity (Wildman–Crippen MR) is 104 cm³/mol. The Morgan fingerprint density at radius 3 is 3.08 bits per heavy atom. The topological polar surface area (TPSA) is 54.2 Å². The number of thiophene rings is 1. The second kappa shape index (κ2) is 6.37. The highest BCUT2D eigenvalue weighted by Gasteiger charge is 2.26. The van der Waals surface area contributed by atoms with Crippen molar-refractivity contribution in [2.24, 2.45) is 0 Å². The lowest BCUT2D eigenvalue weighted by Crippen LogP contribution is -2.31. The highest BCUT2D eigenvalue weighted by Crippen LogP contribution is 2.32. The molecular weight excluding hydrogens is 344 g/mol. The molecule has 132 valence electrons. The zero-order chi connectivity index (χ0) is 17.5. The monoisotopic (exact) mass is 364 g/mol. The van der Waals surface area contributed by atoms with Crippen LogP contribution in [0.25, 0.3) is 15.9 Å². The van der Waals surface area contributed by atoms with Gasteiger partial charge in [0.05, 0.1) is 5.69 Å². The van der Waals surface area contributed by atoms with Crippen LogP contribution in [0.4, 0.5) is 0 Å². The summed E-state index contributed by atoms with van der Waals surface area (Å²) in [5.41, 5.74) is 3.31. The van der Waals surface area contributed by atoms with E-state index < -0.39 is 0 Å². The molecule has 26 heavy (non-hydrogen) atoms. The minimum atomic E-state index is 0.239. The first-order chi connectivity index (χ1) is 12.8. The van der Waals surface area contributed by atoms with Crippen LogP contribution >= 0.6 is 11.3 Å². The Morgan fingerprint density at radius 2 is 2.19 bits per heavy atom. The molecule has 0 saturated carbocycles. The van der Waals surface area contributed by atoms with E-state index in [1.807, 2.05) is 17.5 Å². The van der Waals surface area contributed by atoms with Crippen molar-refractivity contribution in [2.45, 2.75) is 25.8 Å². The van der Waals surface area contributed by atoms with Crippen LogP contribution in [0.5, 0.6) is 5.88 Å². The third-order valence-corrected chi connectivity index (χ3v) is 6.01. The summed E-state index contributed by atoms with van der Waals surface area (Å²) < 4.78 is 2.77. The van der Waals surface area contributed by atoms with Gasteiger partial charge in [-0.3, -0.25) is 4.90 Å². The minimum absolute atomic E-state index is 0.239. The van der Waals surface area contributed by atoms with E-state index in [9.17, 15) is 5.11 Å². The van der Waals surface area contributed by atoms with Crippen LogP contribution in [0.3, 0.4) is 0 Å². The second-order valence-electron chi connectivity index (χ2n) is 6.85. The van der Waals surface area contributed by atoms with Crippen molar-refractivity contribution in [2.75, 3.05) is 13.1 Å². The standard InChI is InChI=1S/C20H20N4OS/c25-20-15-7-10-23(12-14-4-2-1-3-5-14)13-17(15)22-24(20)19-16-8-11-26-18(16)6-9-21-19/h2,4-6,8-9,11,25H,1,3,7,10,12-13H2. The number of hydrogen-bond acceptors (Lipinski definition) is 5. The molecule has 0 unspecified atom stereocenters. The lowest BCUT2D eigenvalue weighted by Gasteiger charge is -2.26. The van der Waals surface area contributed by atoms with E-state index in [2.05, 4.69) is 28.1 Å². The lowest BCUT2D eigenvalue weighted by atomic mass is 10.0. The third kappa shape index (κ3) is 2.66. The average Bonchev–Trinajstić information content (AvgIpc) is 3.27. The van der Waals surface area contributed by atoms with E-state index >= 15 is 0 Å². The van der Waals surface area contributed by atoms with Crippen molar-refractivity contribution < 1.29 is 5.11 Å². The van der Waals surface area contributed by atoms with Crippen LogP contribution < -0.4 is 0 Å². The summed E-state index contributed by atoms with van der Waals surface area (Å²) in [6, 6.07) is 4.04. The molecule has 3 aromatic rings. The van der Waals surface area contributed by atoms with E-state index in [-0.39, 0.29) is 5.88 Å². The Hall–Kier alpha value is -2.44. The molecule has 3 aromatic heterocycles. The van der Waals surface area contributed by atoms with Gasteiger partial charge in [-0.25, -0.2) is 4.98 Å². The first kappa shape index (κ1) is 15.8. The molecular formula is C20H20N4OS. The van der Waals surface area contributed by atoms with Gasteiger partial charge in [0.15, 0.2) is 5.82 Å². The van der Waals surface area contributed by atoms with Gasteiger partial charge in [-0.2, -0.15) is 9.78 Å². The fourth-order valence-electron chi connectivity index (χ4n) is 3.80. The van der Waals surface area contributed by atoms with Gasteiger partial charge in [0, 0.05) is 41.5 Å². The van der Waals surface area contributed by atoms with E-state index in [4.69, 9.17) is 5.10 Å². The van der Waals surface area contributed by atoms with Crippen LogP contribution in [-0.4, -0.2) is 37.9 Å². The van der Waals surface area contributed by atoms with Gasteiger partial charge in [0.2, 0.25) is 5.88 Å². The highest BCUT2D eigenvalue weighted by atomic mass is 32.1. The van der Waals surface area contributed by atoms with Gasteiger partial charge >= 0.3 is 0 Å². The van der Waals surface area contributed by atoms with Gasteiger partial charge in [0.1, 0.15) is 0 Å². The summed E-state index contributed by atoms with van der Waals surface area (Å²) in [5, 5.41) is 18.6. The quantitative estimate of drug-likeness (QED) is 0.768. The smallest absolute Gasteiger partial charge is 0.219 e. The van der Waals surface area contributed by atoms with Crippen molar-refractivity contribution in [3.8, 4) is 11.7 Å². The summed E-state index contributed by atoms with van der Waals surface area (Å²) in [7, 11) is 0. The molecule has 0 radical (unpaired) electrons. The molecule has 1 aliphatic heterocycles. The second-order valence-corrected chi connectivity index (χ2v) is 7.79. The first-order valence-corrected chi connectivity index (χ1v) is 9.88. The molecule has 6 heteroatoms. The molecule has 0 amide bonds. The molecule has 4 heterocycles. The summed E-state index contributed by atoms with van der Waals surface area (Å²) in [6.45, 7) is 2.65. The van der Waals surface area contributed by atoms with E-state index in [1.54, 1.807) is 22.2 Å². The maximum atomic E-state index is 10.8. The highest BCUT2D eigenvalue weighted by molar-refractivity contribution is 7.17. The molecule has 0 bridgehead atoms. The lowest BCUT2D eigenvalue weighted by molar-refractivity contribution is 0.272. The van der Waals surface area contributed by atoms with Crippen LogP contribution in [0.2, 0.25) is 0 Å². The number of aromatic nitrogens is 3. The summed E-state index contributed by atoms with van der Waals surface area (Å²) in [5.74, 6) is 0.947. The van der Waals surface area contributed by atoms with Crippen LogP contribution in [0.15, 0.2) is 47.5 Å². The van der Waals surface area contributed by atoms with Crippen molar-refractivity contribution in [1.29, 1.82) is 0 Å². The Bertz CT molecular complexity index is 1030. The number of aromatic hydroxyl groups is 1. The molecule has 0 saturated heterocycles. The van der Waals surface area contributed by atoms with Crippen molar-refractivity contribution in [1.82, 2.24) is 19.7 Å². The number of nitrogens with zero attached hydrogens (tertiary/aromatic N) is 4. The van der Waals surface area contributed by atoms with Crippen molar-refractivity contribution >= 4 is 21.4 Å². The molecule has 1 aliphatic carbocycles. The zero-order valence-corrected chi connectivity index (χ0v) is 15.2. The molecule has 0 fully saturated rings. The van der Waals surface area contributed by atoms with Gasteiger partial charge in [-0.05, 0) is 42.3 Å². The number of hydrogen-bond donors (Lipinski definition) is 1. The average molecular weight is 364 g/mol. The maximum absolute atomic E-state index is 10.8. The van der Waals surface area contributed by atoms with Gasteiger partial charge < -0.3 is 5.11 Å². The van der Waals surface area contributed by atoms with Gasteiger partial charge in [-0.15, -0.1) is 11.3 Å². The zero-order valence-electron chi connectivity index (χ0n) is 14.4. The minimum Gasteiger partial charge on any atom is -0.493 e. The normalized spacial score (nSPS) is 17.5. The van der Waals surface area contributed by atoms with E-state index in [1.165, 1.54) is 5.57 Å². The molecule has 0 aromatic carbocycles. The maximum Gasteiger partial charge on any atom is 0.219 e. The van der Waals surface area contributed by atoms with Crippen molar-refractivity contribution in [3.05, 3.63) is 58.8 Å². The molecule has 0 atom stereocenters. The Kier molecular flexibility index (Phi) is 3.87. The number of fused-ring (bicyclic) bond motifs is 2. The molecule has 5 nitrogen and oxygen atoms in total. The van der Waals surface area contributed by atoms with Crippen molar-refractivity contribution in [3.63, 3.8) is 0 Å². The summed E-state index contributed by atoms with van der Waals surface area (Å²) in [6.07, 6.45) is 11.7. The predicted octanol–water partition coefficient (Wildman–Crippen LogP) is 3.82. The van der Waals surface area contributed by atoms with Gasteiger partial charge in [-0.1, -0.05) is 18.2 Å². The molecule has 1 N–H and O–H groups in total. The Labute approximate surface area is 155 Å². The molecule has 2 aliphatic rings. The Balaban J connectivity index is 1.46. The molecule has 5 rings (SSSR count). The SMILES string of the molecule is Oc1c2c(nn1-c1nccc3sccc13)CN(CC1=CCCC=C1)CC2. The number of rotatable bonds is 3. The molecule has 0 spiro atoms. The van der Waals surface area contributed by atoms with Crippen LogP contribution in [0.1, 0.15) is 24.1 Å². The third-order valence-electron chi connectivity index (χ3n) is 5.13. The van der Waals surface area contributed by atoms with Gasteiger partial charge in [0.25, 0.3) is 0 Å². The number of pyridine rings is 1. The fraction of sp³-hybridized carbons (Fsp3) is 0.300. The van der Waals surface area contributed by atoms with E-state index in [0.29, 0.717) is 5.82 Å². The van der Waals surface area contributed by atoms with Crippen LogP contribution in [0, 0.1) is 0 Å². The Morgan fingerprint density at radius 1 is 1.23 bits per heavy atom. The summed E-state index contributed by atoms with van der Waals surface area (Å²) in [4.78, 5) is 6.88. The number of allylic oxidation sites excluding steroid dienone is 2. The summed E-state index contributed by atoms with van der Waals surface area (Å²) >= 11 is 1.67. The fourth-order valence-corrected chi connectivity index (χ4v) is 4.58. The first-order valence-electron chi connectivity index (χ1n) is 9.00.